The maximum Gasteiger partial charge on any atom is 0.0271 e. The Morgan fingerprint density at radius 1 is 1.44 bits per heavy atom. The van der Waals surface area contributed by atoms with Gasteiger partial charge in [-0.1, -0.05) is 0 Å². The molecule has 1 unspecified atom stereocenters. The van der Waals surface area contributed by atoms with Crippen LogP contribution in [0.3, 0.4) is 0 Å². The fraction of sp³-hybridized carbons (Fsp3) is 0.615. The van der Waals surface area contributed by atoms with Gasteiger partial charge in [-0.25, -0.2) is 0 Å². The number of likely N-dealkylation sites (tertiary alicyclic amines) is 1. The van der Waals surface area contributed by atoms with Crippen molar-refractivity contribution < 1.29 is 0 Å². The van der Waals surface area contributed by atoms with Crippen LogP contribution < -0.4 is 5.73 Å². The van der Waals surface area contributed by atoms with Crippen LogP contribution in [0.1, 0.15) is 25.8 Å². The van der Waals surface area contributed by atoms with E-state index in [1.54, 1.807) is 0 Å². The topological polar surface area (TPSA) is 42.1 Å². The Hall–Kier alpha value is -0.930. The van der Waals surface area contributed by atoms with E-state index >= 15 is 0 Å². The van der Waals surface area contributed by atoms with Crippen LogP contribution >= 0.6 is 0 Å². The first-order valence-electron chi connectivity index (χ1n) is 5.98. The number of hydrogen-bond acceptors (Lipinski definition) is 3. The van der Waals surface area contributed by atoms with Crippen molar-refractivity contribution in [2.45, 2.75) is 32.4 Å². The second-order valence-corrected chi connectivity index (χ2v) is 5.15. The zero-order valence-corrected chi connectivity index (χ0v) is 10.2. The summed E-state index contributed by atoms with van der Waals surface area (Å²) >= 11 is 0. The Morgan fingerprint density at radius 2 is 2.12 bits per heavy atom. The lowest BCUT2D eigenvalue weighted by molar-refractivity contribution is 0.133. The van der Waals surface area contributed by atoms with E-state index in [9.17, 15) is 0 Å². The lowest BCUT2D eigenvalue weighted by Gasteiger charge is -2.35. The summed E-state index contributed by atoms with van der Waals surface area (Å²) in [6, 6.07) is 4.18. The standard InChI is InChI=1S/C13H21N3/c1-13(2)12(9-14)5-8-16(13)10-11-3-6-15-7-4-11/h3-4,6-7,12H,5,8-10,14H2,1-2H3. The fourth-order valence-electron chi connectivity index (χ4n) is 2.61. The van der Waals surface area contributed by atoms with E-state index < -0.39 is 0 Å². The van der Waals surface area contributed by atoms with E-state index in [1.165, 1.54) is 12.0 Å². The van der Waals surface area contributed by atoms with E-state index in [-0.39, 0.29) is 5.54 Å². The quantitative estimate of drug-likeness (QED) is 0.840. The first-order chi connectivity index (χ1) is 7.64. The van der Waals surface area contributed by atoms with Gasteiger partial charge in [0.2, 0.25) is 0 Å². The molecule has 16 heavy (non-hydrogen) atoms. The van der Waals surface area contributed by atoms with Gasteiger partial charge in [-0.15, -0.1) is 0 Å². The number of nitrogens with two attached hydrogens (primary N) is 1. The molecule has 1 aromatic rings. The highest BCUT2D eigenvalue weighted by atomic mass is 15.2. The number of aromatic nitrogens is 1. The first-order valence-corrected chi connectivity index (χ1v) is 5.98. The molecule has 0 aromatic carbocycles. The average Bonchev–Trinajstić information content (AvgIpc) is 2.56. The first kappa shape index (κ1) is 11.6. The van der Waals surface area contributed by atoms with Crippen molar-refractivity contribution in [2.24, 2.45) is 11.7 Å². The minimum absolute atomic E-state index is 0.220. The number of rotatable bonds is 3. The van der Waals surface area contributed by atoms with Crippen LogP contribution in [0.15, 0.2) is 24.5 Å². The Kier molecular flexibility index (Phi) is 3.26. The van der Waals surface area contributed by atoms with Gasteiger partial charge in [0.15, 0.2) is 0 Å². The van der Waals surface area contributed by atoms with E-state index in [1.807, 2.05) is 12.4 Å². The summed E-state index contributed by atoms with van der Waals surface area (Å²) in [5.41, 5.74) is 7.38. The van der Waals surface area contributed by atoms with Crippen LogP contribution in [0.4, 0.5) is 0 Å². The Bertz CT molecular complexity index is 334. The van der Waals surface area contributed by atoms with Gasteiger partial charge in [-0.2, -0.15) is 0 Å². The van der Waals surface area contributed by atoms with Crippen LogP contribution in [0.5, 0.6) is 0 Å². The predicted octanol–water partition coefficient (Wildman–Crippen LogP) is 1.64. The van der Waals surface area contributed by atoms with Crippen LogP contribution in [0.2, 0.25) is 0 Å². The molecule has 1 aliphatic rings. The minimum Gasteiger partial charge on any atom is -0.330 e. The van der Waals surface area contributed by atoms with Gasteiger partial charge in [0.1, 0.15) is 0 Å². The highest BCUT2D eigenvalue weighted by molar-refractivity contribution is 5.11. The zero-order chi connectivity index (χ0) is 11.6. The molecule has 1 fully saturated rings. The normalized spacial score (nSPS) is 24.8. The minimum atomic E-state index is 0.220. The third kappa shape index (κ3) is 2.11. The third-order valence-electron chi connectivity index (χ3n) is 3.97. The summed E-state index contributed by atoms with van der Waals surface area (Å²) in [7, 11) is 0. The van der Waals surface area contributed by atoms with Crippen molar-refractivity contribution in [3.63, 3.8) is 0 Å². The molecular formula is C13H21N3. The van der Waals surface area contributed by atoms with Gasteiger partial charge in [0, 0.05) is 24.5 Å². The van der Waals surface area contributed by atoms with Crippen molar-refractivity contribution in [3.8, 4) is 0 Å². The smallest absolute Gasteiger partial charge is 0.0271 e. The molecule has 1 atom stereocenters. The lowest BCUT2D eigenvalue weighted by Crippen LogP contribution is -2.44. The van der Waals surface area contributed by atoms with Crippen molar-refractivity contribution in [3.05, 3.63) is 30.1 Å². The predicted molar refractivity (Wildman–Crippen MR) is 65.9 cm³/mol. The Morgan fingerprint density at radius 3 is 2.69 bits per heavy atom. The molecule has 0 bridgehead atoms. The lowest BCUT2D eigenvalue weighted by atomic mass is 9.88. The molecule has 1 aliphatic heterocycles. The molecule has 3 nitrogen and oxygen atoms in total. The highest BCUT2D eigenvalue weighted by Crippen LogP contribution is 2.34. The third-order valence-corrected chi connectivity index (χ3v) is 3.97. The Balaban J connectivity index is 2.07. The monoisotopic (exact) mass is 219 g/mol. The molecule has 0 aliphatic carbocycles. The highest BCUT2D eigenvalue weighted by Gasteiger charge is 2.39. The van der Waals surface area contributed by atoms with Gasteiger partial charge in [0.25, 0.3) is 0 Å². The van der Waals surface area contributed by atoms with Gasteiger partial charge in [0.05, 0.1) is 0 Å². The SMILES string of the molecule is CC1(C)C(CN)CCN1Cc1ccncc1. The molecule has 0 spiro atoms. The van der Waals surface area contributed by atoms with Gasteiger partial charge >= 0.3 is 0 Å². The maximum atomic E-state index is 5.83. The van der Waals surface area contributed by atoms with Crippen molar-refractivity contribution in [2.75, 3.05) is 13.1 Å². The molecule has 1 saturated heterocycles. The Labute approximate surface area is 97.7 Å². The zero-order valence-electron chi connectivity index (χ0n) is 10.2. The summed E-state index contributed by atoms with van der Waals surface area (Å²) in [4.78, 5) is 6.58. The average molecular weight is 219 g/mol. The van der Waals surface area contributed by atoms with Gasteiger partial charge in [-0.3, -0.25) is 9.88 Å². The molecule has 0 saturated carbocycles. The molecular weight excluding hydrogens is 198 g/mol. The summed E-state index contributed by atoms with van der Waals surface area (Å²) in [6.07, 6.45) is 4.94. The second kappa shape index (κ2) is 4.52. The number of hydrogen-bond donors (Lipinski definition) is 1. The van der Waals surface area contributed by atoms with Crippen molar-refractivity contribution in [1.82, 2.24) is 9.88 Å². The van der Waals surface area contributed by atoms with E-state index in [4.69, 9.17) is 5.73 Å². The second-order valence-electron chi connectivity index (χ2n) is 5.15. The fourth-order valence-corrected chi connectivity index (χ4v) is 2.61. The van der Waals surface area contributed by atoms with Crippen LogP contribution in [0.25, 0.3) is 0 Å². The van der Waals surface area contributed by atoms with E-state index in [0.29, 0.717) is 5.92 Å². The molecule has 2 N–H and O–H groups in total. The van der Waals surface area contributed by atoms with E-state index in [2.05, 4.69) is 35.9 Å². The van der Waals surface area contributed by atoms with Crippen molar-refractivity contribution >= 4 is 0 Å². The molecule has 0 radical (unpaired) electrons. The van der Waals surface area contributed by atoms with Crippen LogP contribution in [-0.4, -0.2) is 28.5 Å². The summed E-state index contributed by atoms with van der Waals surface area (Å²) < 4.78 is 0. The van der Waals surface area contributed by atoms with Crippen LogP contribution in [-0.2, 0) is 6.54 Å². The summed E-state index contributed by atoms with van der Waals surface area (Å²) in [5, 5.41) is 0. The largest absolute Gasteiger partial charge is 0.330 e. The molecule has 1 aromatic heterocycles. The van der Waals surface area contributed by atoms with Gasteiger partial charge in [-0.05, 0) is 57.0 Å². The maximum absolute atomic E-state index is 5.83. The number of pyridine rings is 1. The number of nitrogens with zero attached hydrogens (tertiary/aromatic N) is 2. The summed E-state index contributed by atoms with van der Waals surface area (Å²) in [5.74, 6) is 0.620. The van der Waals surface area contributed by atoms with Crippen LogP contribution in [0, 0.1) is 5.92 Å². The molecule has 88 valence electrons. The van der Waals surface area contributed by atoms with Crippen molar-refractivity contribution in [1.29, 1.82) is 0 Å². The molecule has 3 heteroatoms. The van der Waals surface area contributed by atoms with E-state index in [0.717, 1.165) is 19.6 Å². The van der Waals surface area contributed by atoms with Gasteiger partial charge < -0.3 is 5.73 Å². The molecule has 2 rings (SSSR count). The summed E-state index contributed by atoms with van der Waals surface area (Å²) in [6.45, 7) is 7.56. The molecule has 0 amide bonds. The molecule has 2 heterocycles.